The number of nitrogen functional groups attached to an aromatic ring is 1. The van der Waals surface area contributed by atoms with Crippen molar-refractivity contribution in [3.05, 3.63) is 22.7 Å². The number of anilines is 1. The summed E-state index contributed by atoms with van der Waals surface area (Å²) in [4.78, 5) is 51.0. The molecule has 1 aliphatic rings. The summed E-state index contributed by atoms with van der Waals surface area (Å²) in [6.45, 7) is -3.40. The van der Waals surface area contributed by atoms with Crippen molar-refractivity contribution in [3.63, 3.8) is 0 Å². The van der Waals surface area contributed by atoms with Gasteiger partial charge >= 0.3 is 29.2 Å². The molecular formula is C11H16FN4O14P3. The number of rotatable bonds is 9. The van der Waals surface area contributed by atoms with Gasteiger partial charge in [0, 0.05) is 6.20 Å². The fourth-order valence-corrected chi connectivity index (χ4v) is 5.77. The Bertz CT molecular complexity index is 1150. The monoisotopic (exact) mass is 540 g/mol. The van der Waals surface area contributed by atoms with Gasteiger partial charge in [0.1, 0.15) is 30.8 Å². The Hall–Kier alpha value is -1.61. The van der Waals surface area contributed by atoms with E-state index in [1.54, 1.807) is 0 Å². The highest BCUT2D eigenvalue weighted by molar-refractivity contribution is 7.66. The second-order valence-electron chi connectivity index (χ2n) is 6.37. The van der Waals surface area contributed by atoms with Crippen LogP contribution in [0.2, 0.25) is 0 Å². The molecule has 8 N–H and O–H groups in total. The third-order valence-electron chi connectivity index (χ3n) is 4.06. The van der Waals surface area contributed by atoms with E-state index in [9.17, 15) is 43.2 Å². The average molecular weight is 540 g/mol. The molecule has 186 valence electrons. The molecule has 2 rings (SSSR count). The smallest absolute Gasteiger partial charge is 0.387 e. The summed E-state index contributed by atoms with van der Waals surface area (Å²) in [6, 6.07) is 2.35. The van der Waals surface area contributed by atoms with Crippen LogP contribution in [0.4, 0.5) is 10.2 Å². The fraction of sp³-hybridized carbons (Fsp3) is 0.545. The highest BCUT2D eigenvalue weighted by Crippen LogP contribution is 2.66. The number of nitrogens with zero attached hydrogens (tertiary/aromatic N) is 3. The first-order valence-electron chi connectivity index (χ1n) is 8.10. The third-order valence-corrected chi connectivity index (χ3v) is 7.84. The standard InChI is InChI=1S/C11H16FN4O14P3/c12-3-10(5-27-32(23,24)30-33(25,26)29-31(20,21)22)7(17)8(18)11(4-13,28-10)16-2-1-6(14)15-9(16)19/h1-2,7-8,17-18H,3,5H2,(H,23,24)(H,25,26)(H2,14,15,19)(H2,20,21,22)/t7-,8+,10+,11+/m0/s1. The summed E-state index contributed by atoms with van der Waals surface area (Å²) >= 11 is 0. The van der Waals surface area contributed by atoms with Crippen LogP contribution in [0.5, 0.6) is 0 Å². The molecule has 0 spiro atoms. The third kappa shape index (κ3) is 5.91. The molecule has 6 atom stereocenters. The number of hydrogen-bond acceptors (Lipinski definition) is 13. The molecule has 0 saturated carbocycles. The number of hydrogen-bond donors (Lipinski definition) is 7. The summed E-state index contributed by atoms with van der Waals surface area (Å²) in [7, 11) is -17.4. The molecule has 1 aromatic rings. The highest BCUT2D eigenvalue weighted by Gasteiger charge is 2.65. The van der Waals surface area contributed by atoms with Crippen LogP contribution >= 0.6 is 23.5 Å². The Morgan fingerprint density at radius 1 is 1.21 bits per heavy atom. The normalized spacial score (nSPS) is 31.5. The maximum atomic E-state index is 13.9. The first-order valence-corrected chi connectivity index (χ1v) is 12.6. The molecule has 1 aromatic heterocycles. The topological polar surface area (TPSA) is 294 Å². The SMILES string of the molecule is N#C[C@@]1(n2ccc(N)nc2=O)O[C@](CF)(COP(=O)(O)OP(=O)(O)OP(=O)(O)O)[C@@H](O)[C@H]1O. The van der Waals surface area contributed by atoms with E-state index >= 15 is 0 Å². The molecule has 2 unspecified atom stereocenters. The molecule has 0 amide bonds. The number of aromatic nitrogens is 2. The molecule has 0 aliphatic carbocycles. The van der Waals surface area contributed by atoms with Crippen LogP contribution in [0.3, 0.4) is 0 Å². The summed E-state index contributed by atoms with van der Waals surface area (Å²) in [5, 5.41) is 30.2. The molecule has 1 fully saturated rings. The highest BCUT2D eigenvalue weighted by atomic mass is 31.3. The van der Waals surface area contributed by atoms with E-state index in [1.807, 2.05) is 0 Å². The van der Waals surface area contributed by atoms with Crippen molar-refractivity contribution >= 4 is 29.3 Å². The molecule has 33 heavy (non-hydrogen) atoms. The van der Waals surface area contributed by atoms with E-state index < -0.39 is 66.0 Å². The Labute approximate surface area is 182 Å². The van der Waals surface area contributed by atoms with E-state index in [0.29, 0.717) is 4.57 Å². The lowest BCUT2D eigenvalue weighted by Crippen LogP contribution is -2.49. The van der Waals surface area contributed by atoms with Gasteiger partial charge in [0.05, 0.1) is 6.61 Å². The molecule has 22 heteroatoms. The van der Waals surface area contributed by atoms with E-state index in [0.717, 1.165) is 12.3 Å². The number of phosphoric acid groups is 3. The molecule has 0 radical (unpaired) electrons. The maximum absolute atomic E-state index is 13.9. The first-order chi connectivity index (χ1) is 14.9. The van der Waals surface area contributed by atoms with Crippen molar-refractivity contribution in [3.8, 4) is 6.07 Å². The fourth-order valence-electron chi connectivity index (χ4n) is 2.69. The van der Waals surface area contributed by atoms with Gasteiger partial charge in [-0.25, -0.2) is 22.9 Å². The van der Waals surface area contributed by atoms with Gasteiger partial charge in [0.25, 0.3) is 5.72 Å². The van der Waals surface area contributed by atoms with Gasteiger partial charge < -0.3 is 40.3 Å². The number of aliphatic hydroxyl groups is 2. The second-order valence-corrected chi connectivity index (χ2v) is 10.8. The molecule has 1 aliphatic heterocycles. The molecule has 2 heterocycles. The van der Waals surface area contributed by atoms with E-state index in [4.69, 9.17) is 25.2 Å². The summed E-state index contributed by atoms with van der Waals surface area (Å²) in [5.41, 5.74) is -1.64. The van der Waals surface area contributed by atoms with Crippen LogP contribution < -0.4 is 11.4 Å². The van der Waals surface area contributed by atoms with Crippen LogP contribution in [0, 0.1) is 11.3 Å². The van der Waals surface area contributed by atoms with Gasteiger partial charge in [0.2, 0.25) is 0 Å². The van der Waals surface area contributed by atoms with Crippen molar-refractivity contribution in [2.45, 2.75) is 23.5 Å². The Kier molecular flexibility index (Phi) is 7.71. The van der Waals surface area contributed by atoms with Crippen LogP contribution in [0.15, 0.2) is 17.1 Å². The lowest BCUT2D eigenvalue weighted by molar-refractivity contribution is -0.167. The largest absolute Gasteiger partial charge is 0.490 e. The zero-order valence-electron chi connectivity index (χ0n) is 15.8. The Balaban J connectivity index is 2.35. The minimum absolute atomic E-state index is 0.304. The van der Waals surface area contributed by atoms with Gasteiger partial charge in [-0.15, -0.1) is 0 Å². The number of nitrogens with two attached hydrogens (primary N) is 1. The van der Waals surface area contributed by atoms with Gasteiger partial charge in [0.15, 0.2) is 5.60 Å². The van der Waals surface area contributed by atoms with Gasteiger partial charge in [-0.2, -0.15) is 18.9 Å². The number of halogens is 1. The lowest BCUT2D eigenvalue weighted by atomic mass is 9.95. The van der Waals surface area contributed by atoms with Crippen molar-refractivity contribution < 1.29 is 65.8 Å². The van der Waals surface area contributed by atoms with E-state index in [2.05, 4.69) is 18.1 Å². The van der Waals surface area contributed by atoms with Gasteiger partial charge in [-0.05, 0) is 6.07 Å². The predicted octanol–water partition coefficient (Wildman–Crippen LogP) is -2.19. The molecule has 0 bridgehead atoms. The number of alkyl halides is 1. The number of ether oxygens (including phenoxy) is 1. The second kappa shape index (κ2) is 9.21. The molecule has 1 saturated heterocycles. The molecular weight excluding hydrogens is 524 g/mol. The maximum Gasteiger partial charge on any atom is 0.490 e. The molecule has 0 aromatic carbocycles. The lowest BCUT2D eigenvalue weighted by Gasteiger charge is -2.30. The zero-order valence-corrected chi connectivity index (χ0v) is 18.5. The minimum Gasteiger partial charge on any atom is -0.387 e. The quantitative estimate of drug-likeness (QED) is 0.164. The van der Waals surface area contributed by atoms with Crippen molar-refractivity contribution in [1.29, 1.82) is 5.26 Å². The minimum atomic E-state index is -5.91. The number of nitriles is 1. The summed E-state index contributed by atoms with van der Waals surface area (Å²) in [5.74, 6) is -0.304. The van der Waals surface area contributed by atoms with Crippen LogP contribution in [-0.4, -0.2) is 70.4 Å². The summed E-state index contributed by atoms with van der Waals surface area (Å²) < 4.78 is 64.5. The van der Waals surface area contributed by atoms with Crippen LogP contribution in [0.1, 0.15) is 0 Å². The van der Waals surface area contributed by atoms with Crippen molar-refractivity contribution in [2.75, 3.05) is 19.0 Å². The van der Waals surface area contributed by atoms with Crippen LogP contribution in [0.25, 0.3) is 0 Å². The van der Waals surface area contributed by atoms with Gasteiger partial charge in [-0.1, -0.05) is 0 Å². The van der Waals surface area contributed by atoms with E-state index in [-0.39, 0.29) is 5.82 Å². The number of aliphatic hydroxyl groups excluding tert-OH is 2. The van der Waals surface area contributed by atoms with E-state index in [1.165, 1.54) is 6.07 Å². The van der Waals surface area contributed by atoms with Crippen LogP contribution in [-0.2, 0) is 37.3 Å². The Morgan fingerprint density at radius 3 is 2.30 bits per heavy atom. The van der Waals surface area contributed by atoms with Crippen molar-refractivity contribution in [1.82, 2.24) is 9.55 Å². The first kappa shape index (κ1) is 27.6. The van der Waals surface area contributed by atoms with Crippen molar-refractivity contribution in [2.24, 2.45) is 0 Å². The number of phosphoric ester groups is 1. The molecule has 18 nitrogen and oxygen atoms in total. The Morgan fingerprint density at radius 2 is 1.82 bits per heavy atom. The predicted molar refractivity (Wildman–Crippen MR) is 98.1 cm³/mol. The average Bonchev–Trinajstić information content (AvgIpc) is 2.86. The zero-order chi connectivity index (χ0) is 25.5. The summed E-state index contributed by atoms with van der Waals surface area (Å²) in [6.07, 6.45) is -3.98. The van der Waals surface area contributed by atoms with Gasteiger partial charge in [-0.3, -0.25) is 9.09 Å².